The molecule has 56 heavy (non-hydrogen) atoms. The number of nitriles is 1. The number of hydrogen-bond acceptors (Lipinski definition) is 13. The standard InChI is InChI=1S/C42H53N2O11P/c1-9-49-39(45)33-16-30(17-34(22-33)40(46)50-10-2)25-53-37-20-32(27-55-56(15-13-14-43)44(28(5)6)29(7)8)21-38(24-37)54-26-31-18-35(41(47)51-11-3)23-36(19-31)42(48)52-12-4/h16-24,28-29H,9-13,15,25-27H2,1-8H3. The molecular weight excluding hydrogens is 739 g/mol. The lowest BCUT2D eigenvalue weighted by molar-refractivity contribution is 0.0505. The maximum Gasteiger partial charge on any atom is 0.338 e. The highest BCUT2D eigenvalue weighted by atomic mass is 31.2. The third kappa shape index (κ3) is 13.9. The third-order valence-corrected chi connectivity index (χ3v) is 10.4. The quantitative estimate of drug-likeness (QED) is 0.0543. The van der Waals surface area contributed by atoms with Crippen molar-refractivity contribution in [2.75, 3.05) is 32.6 Å². The van der Waals surface area contributed by atoms with Gasteiger partial charge in [0.05, 0.1) is 61.4 Å². The van der Waals surface area contributed by atoms with Crippen LogP contribution in [-0.4, -0.2) is 73.2 Å². The fraction of sp³-hybridized carbons (Fsp3) is 0.452. The molecule has 3 aromatic carbocycles. The SMILES string of the molecule is CCOC(=O)c1cc(COc2cc(COP(CCC#N)N(C(C)C)C(C)C)cc(OCc3cc(C(=O)OCC)cc(C(=O)OCC)c3)c2)cc(C(=O)OCC)c1. The van der Waals surface area contributed by atoms with E-state index in [0.29, 0.717) is 35.2 Å². The summed E-state index contributed by atoms with van der Waals surface area (Å²) in [6, 6.07) is 17.1. The molecule has 0 aromatic heterocycles. The summed E-state index contributed by atoms with van der Waals surface area (Å²) in [7, 11) is -1.14. The molecule has 3 aromatic rings. The smallest absolute Gasteiger partial charge is 0.338 e. The maximum absolute atomic E-state index is 12.7. The zero-order valence-electron chi connectivity index (χ0n) is 33.5. The van der Waals surface area contributed by atoms with Crippen LogP contribution in [0.25, 0.3) is 0 Å². The van der Waals surface area contributed by atoms with E-state index in [1.807, 2.05) is 0 Å². The summed E-state index contributed by atoms with van der Waals surface area (Å²) in [5, 5.41) is 9.39. The number of esters is 4. The van der Waals surface area contributed by atoms with E-state index in [2.05, 4.69) is 38.4 Å². The minimum atomic E-state index is -1.14. The van der Waals surface area contributed by atoms with Crippen molar-refractivity contribution in [2.45, 2.75) is 93.7 Å². The van der Waals surface area contributed by atoms with Gasteiger partial charge in [-0.05, 0) is 121 Å². The largest absolute Gasteiger partial charge is 0.489 e. The van der Waals surface area contributed by atoms with Crippen molar-refractivity contribution >= 4 is 32.2 Å². The first-order chi connectivity index (χ1) is 26.8. The number of carbonyl (C=O) groups excluding carboxylic acids is 4. The lowest BCUT2D eigenvalue weighted by atomic mass is 10.1. The predicted molar refractivity (Wildman–Crippen MR) is 211 cm³/mol. The first-order valence-electron chi connectivity index (χ1n) is 18.7. The summed E-state index contributed by atoms with van der Waals surface area (Å²) >= 11 is 0. The van der Waals surface area contributed by atoms with Crippen molar-refractivity contribution < 1.29 is 52.1 Å². The van der Waals surface area contributed by atoms with E-state index in [4.69, 9.17) is 32.9 Å². The Balaban J connectivity index is 2.02. The molecule has 0 aliphatic rings. The summed E-state index contributed by atoms with van der Waals surface area (Å²) in [6.07, 6.45) is 0.914. The monoisotopic (exact) mass is 792 g/mol. The minimum absolute atomic E-state index is 0.0305. The molecule has 0 saturated heterocycles. The van der Waals surface area contributed by atoms with Crippen molar-refractivity contribution in [1.29, 1.82) is 5.26 Å². The van der Waals surface area contributed by atoms with Gasteiger partial charge in [-0.2, -0.15) is 5.26 Å². The Labute approximate surface area is 331 Å². The second kappa shape index (κ2) is 23.1. The molecule has 0 amide bonds. The number of rotatable bonds is 22. The first-order valence-corrected chi connectivity index (χ1v) is 20.1. The molecule has 3 rings (SSSR count). The van der Waals surface area contributed by atoms with Crippen molar-refractivity contribution in [3.63, 3.8) is 0 Å². The van der Waals surface area contributed by atoms with Gasteiger partial charge in [-0.3, -0.25) is 4.67 Å². The molecule has 0 radical (unpaired) electrons. The highest BCUT2D eigenvalue weighted by molar-refractivity contribution is 7.50. The fourth-order valence-corrected chi connectivity index (χ4v) is 7.86. The van der Waals surface area contributed by atoms with E-state index < -0.39 is 32.2 Å². The number of ether oxygens (including phenoxy) is 6. The molecule has 0 saturated carbocycles. The summed E-state index contributed by atoms with van der Waals surface area (Å²) in [5.74, 6) is -1.54. The van der Waals surface area contributed by atoms with E-state index in [1.165, 1.54) is 12.1 Å². The van der Waals surface area contributed by atoms with Gasteiger partial charge in [-0.25, -0.2) is 19.2 Å². The van der Waals surface area contributed by atoms with Crippen molar-refractivity contribution in [3.8, 4) is 17.6 Å². The lowest BCUT2D eigenvalue weighted by Crippen LogP contribution is -2.33. The summed E-state index contributed by atoms with van der Waals surface area (Å²) in [4.78, 5) is 50.7. The van der Waals surface area contributed by atoms with Gasteiger partial charge >= 0.3 is 23.9 Å². The van der Waals surface area contributed by atoms with E-state index in [0.717, 1.165) is 5.56 Å². The van der Waals surface area contributed by atoms with Gasteiger partial charge in [0.15, 0.2) is 0 Å². The molecule has 14 heteroatoms. The number of hydrogen-bond donors (Lipinski definition) is 0. The molecule has 0 N–H and O–H groups in total. The van der Waals surface area contributed by atoms with Gasteiger partial charge in [0.2, 0.25) is 0 Å². The van der Waals surface area contributed by atoms with E-state index in [9.17, 15) is 24.4 Å². The molecular formula is C42H53N2O11P. The average Bonchev–Trinajstić information content (AvgIpc) is 3.17. The molecule has 0 aliphatic carbocycles. The molecule has 1 atom stereocenters. The molecule has 0 bridgehead atoms. The van der Waals surface area contributed by atoms with Crippen LogP contribution >= 0.6 is 8.30 Å². The van der Waals surface area contributed by atoms with Crippen LogP contribution in [0.15, 0.2) is 54.6 Å². The Kier molecular flexibility index (Phi) is 18.7. The van der Waals surface area contributed by atoms with Crippen LogP contribution in [0.1, 0.15) is 120 Å². The number of carbonyl (C=O) groups is 4. The Bertz CT molecular complexity index is 1650. The van der Waals surface area contributed by atoms with Crippen LogP contribution in [0.3, 0.4) is 0 Å². The highest BCUT2D eigenvalue weighted by Gasteiger charge is 2.25. The second-order valence-corrected chi connectivity index (χ2v) is 14.8. The minimum Gasteiger partial charge on any atom is -0.489 e. The van der Waals surface area contributed by atoms with Crippen molar-refractivity contribution in [2.24, 2.45) is 0 Å². The second-order valence-electron chi connectivity index (χ2n) is 12.9. The zero-order valence-corrected chi connectivity index (χ0v) is 34.4. The van der Waals surface area contributed by atoms with Crippen LogP contribution in [0.5, 0.6) is 11.5 Å². The van der Waals surface area contributed by atoms with Crippen LogP contribution in [-0.2, 0) is 43.3 Å². The van der Waals surface area contributed by atoms with Crippen LogP contribution in [0.2, 0.25) is 0 Å². The van der Waals surface area contributed by atoms with Crippen LogP contribution in [0, 0.1) is 11.3 Å². The molecule has 13 nitrogen and oxygen atoms in total. The molecule has 0 spiro atoms. The van der Waals surface area contributed by atoms with Gasteiger partial charge in [-0.15, -0.1) is 0 Å². The topological polar surface area (TPSA) is 160 Å². The maximum atomic E-state index is 12.7. The summed E-state index contributed by atoms with van der Waals surface area (Å²) in [6.45, 7) is 15.9. The Morgan fingerprint density at radius 3 is 1.25 bits per heavy atom. The van der Waals surface area contributed by atoms with Gasteiger partial charge in [0.1, 0.15) is 33.0 Å². The van der Waals surface area contributed by atoms with Gasteiger partial charge in [0, 0.05) is 30.7 Å². The molecule has 0 aliphatic heterocycles. The Hall–Kier alpha value is -5.02. The first kappa shape index (κ1) is 45.4. The molecule has 0 heterocycles. The number of nitrogens with zero attached hydrogens (tertiary/aromatic N) is 2. The highest BCUT2D eigenvalue weighted by Crippen LogP contribution is 2.46. The Morgan fingerprint density at radius 2 is 0.929 bits per heavy atom. The van der Waals surface area contributed by atoms with E-state index in [1.54, 1.807) is 70.2 Å². The van der Waals surface area contributed by atoms with Crippen LogP contribution < -0.4 is 9.47 Å². The van der Waals surface area contributed by atoms with Crippen molar-refractivity contribution in [1.82, 2.24) is 4.67 Å². The number of benzene rings is 3. The molecule has 1 unspecified atom stereocenters. The van der Waals surface area contributed by atoms with E-state index >= 15 is 0 Å². The summed E-state index contributed by atoms with van der Waals surface area (Å²) in [5.41, 5.74) is 2.48. The van der Waals surface area contributed by atoms with Gasteiger partial charge < -0.3 is 32.9 Å². The lowest BCUT2D eigenvalue weighted by Gasteiger charge is -2.37. The molecule has 0 fully saturated rings. The van der Waals surface area contributed by atoms with Gasteiger partial charge in [0.25, 0.3) is 0 Å². The Morgan fingerprint density at radius 1 is 0.571 bits per heavy atom. The predicted octanol–water partition coefficient (Wildman–Crippen LogP) is 8.41. The zero-order chi connectivity index (χ0) is 41.2. The third-order valence-electron chi connectivity index (χ3n) is 7.89. The van der Waals surface area contributed by atoms with Gasteiger partial charge in [-0.1, -0.05) is 0 Å². The fourth-order valence-electron chi connectivity index (χ4n) is 5.75. The normalized spacial score (nSPS) is 11.5. The summed E-state index contributed by atoms with van der Waals surface area (Å²) < 4.78 is 42.1. The van der Waals surface area contributed by atoms with Crippen molar-refractivity contribution in [3.05, 3.63) is 93.5 Å². The molecule has 302 valence electrons. The van der Waals surface area contributed by atoms with E-state index in [-0.39, 0.29) is 80.6 Å². The average molecular weight is 793 g/mol. The van der Waals surface area contributed by atoms with Crippen LogP contribution in [0.4, 0.5) is 0 Å².